The minimum absolute atomic E-state index is 0.0125. The summed E-state index contributed by atoms with van der Waals surface area (Å²) in [6, 6.07) is 0. The smallest absolute Gasteiger partial charge is 0.389 e. The average Bonchev–Trinajstić information content (AvgIpc) is 2.76. The van der Waals surface area contributed by atoms with Crippen LogP contribution in [-0.4, -0.2) is 29.6 Å². The van der Waals surface area contributed by atoms with Gasteiger partial charge in [-0.25, -0.2) is 0 Å². The summed E-state index contributed by atoms with van der Waals surface area (Å²) in [6.45, 7) is 0. The third-order valence-electron chi connectivity index (χ3n) is 3.61. The Morgan fingerprint density at radius 3 is 2.56 bits per heavy atom. The first kappa shape index (κ1) is 12.2. The minimum Gasteiger partial charge on any atom is -0.393 e. The number of aliphatic hydroxyl groups excluding tert-OH is 1. The van der Waals surface area contributed by atoms with Crippen molar-refractivity contribution in [3.63, 3.8) is 0 Å². The lowest BCUT2D eigenvalue weighted by molar-refractivity contribution is -0.137. The molecule has 2 fully saturated rings. The molecule has 2 bridgehead atoms. The van der Waals surface area contributed by atoms with Crippen molar-refractivity contribution in [3.05, 3.63) is 0 Å². The van der Waals surface area contributed by atoms with Crippen LogP contribution in [0, 0.1) is 5.92 Å². The largest absolute Gasteiger partial charge is 0.393 e. The van der Waals surface area contributed by atoms with E-state index in [1.54, 1.807) is 0 Å². The number of rotatable bonds is 4. The van der Waals surface area contributed by atoms with Gasteiger partial charge in [-0.1, -0.05) is 0 Å². The molecule has 0 aromatic rings. The van der Waals surface area contributed by atoms with E-state index in [2.05, 4.69) is 0 Å². The highest BCUT2D eigenvalue weighted by Gasteiger charge is 2.43. The number of hydrogen-bond acceptors (Lipinski definition) is 2. The standard InChI is InChI=1S/C11H17F3O2/c12-11(13,14)5-1-2-9(15)8-6-7-3-4-10(8)16-7/h7-10,15H,1-6H2. The lowest BCUT2D eigenvalue weighted by atomic mass is 9.83. The number of halogens is 3. The minimum atomic E-state index is -4.11. The molecule has 4 atom stereocenters. The van der Waals surface area contributed by atoms with Crippen LogP contribution in [0.15, 0.2) is 0 Å². The Labute approximate surface area is 92.8 Å². The van der Waals surface area contributed by atoms with Crippen LogP contribution in [0.5, 0.6) is 0 Å². The fourth-order valence-corrected chi connectivity index (χ4v) is 2.81. The van der Waals surface area contributed by atoms with Gasteiger partial charge in [0.2, 0.25) is 0 Å². The molecule has 0 aromatic heterocycles. The van der Waals surface area contributed by atoms with E-state index >= 15 is 0 Å². The highest BCUT2D eigenvalue weighted by Crippen LogP contribution is 2.41. The molecule has 2 rings (SSSR count). The van der Waals surface area contributed by atoms with Crippen LogP contribution in [0.3, 0.4) is 0 Å². The third kappa shape index (κ3) is 2.88. The summed E-state index contributed by atoms with van der Waals surface area (Å²) in [7, 11) is 0. The van der Waals surface area contributed by atoms with Crippen molar-refractivity contribution in [1.29, 1.82) is 0 Å². The van der Waals surface area contributed by atoms with Crippen LogP contribution in [0.2, 0.25) is 0 Å². The second-order valence-corrected chi connectivity index (χ2v) is 4.85. The molecule has 0 radical (unpaired) electrons. The van der Waals surface area contributed by atoms with Crippen LogP contribution in [0.1, 0.15) is 38.5 Å². The van der Waals surface area contributed by atoms with Crippen LogP contribution in [0.25, 0.3) is 0 Å². The average molecular weight is 238 g/mol. The molecular formula is C11H17F3O2. The number of alkyl halides is 3. The maximum atomic E-state index is 11.9. The zero-order chi connectivity index (χ0) is 11.8. The molecule has 16 heavy (non-hydrogen) atoms. The lowest BCUT2D eigenvalue weighted by Crippen LogP contribution is -2.29. The summed E-state index contributed by atoms with van der Waals surface area (Å²) in [6.07, 6.45) is -2.15. The molecule has 0 spiro atoms. The third-order valence-corrected chi connectivity index (χ3v) is 3.61. The van der Waals surface area contributed by atoms with Crippen molar-refractivity contribution < 1.29 is 23.0 Å². The molecule has 94 valence electrons. The zero-order valence-corrected chi connectivity index (χ0v) is 9.04. The number of fused-ring (bicyclic) bond motifs is 2. The molecule has 2 heterocycles. The second kappa shape index (κ2) is 4.53. The molecule has 0 amide bonds. The van der Waals surface area contributed by atoms with Gasteiger partial charge in [-0.3, -0.25) is 0 Å². The van der Waals surface area contributed by atoms with Gasteiger partial charge in [0.15, 0.2) is 0 Å². The molecule has 0 aliphatic carbocycles. The maximum Gasteiger partial charge on any atom is 0.389 e. The number of aliphatic hydroxyl groups is 1. The Balaban J connectivity index is 1.70. The Hall–Kier alpha value is -0.290. The first-order chi connectivity index (χ1) is 7.46. The Kier molecular flexibility index (Phi) is 3.45. The molecule has 4 unspecified atom stereocenters. The Morgan fingerprint density at radius 2 is 2.06 bits per heavy atom. The van der Waals surface area contributed by atoms with Crippen molar-refractivity contribution in [2.45, 2.75) is 63.0 Å². The van der Waals surface area contributed by atoms with Crippen molar-refractivity contribution in [2.75, 3.05) is 0 Å². The molecule has 0 aromatic carbocycles. The predicted molar refractivity (Wildman–Crippen MR) is 51.9 cm³/mol. The van der Waals surface area contributed by atoms with Crippen LogP contribution >= 0.6 is 0 Å². The summed E-state index contributed by atoms with van der Waals surface area (Å²) in [4.78, 5) is 0. The van der Waals surface area contributed by atoms with Gasteiger partial charge < -0.3 is 9.84 Å². The molecule has 2 aliphatic rings. The summed E-state index contributed by atoms with van der Waals surface area (Å²) in [5.41, 5.74) is 0. The molecule has 2 aliphatic heterocycles. The van der Waals surface area contributed by atoms with E-state index in [9.17, 15) is 18.3 Å². The van der Waals surface area contributed by atoms with Crippen molar-refractivity contribution in [1.82, 2.24) is 0 Å². The summed E-state index contributed by atoms with van der Waals surface area (Å²) in [5.74, 6) is 0.0620. The fraction of sp³-hybridized carbons (Fsp3) is 1.00. The first-order valence-corrected chi connectivity index (χ1v) is 5.86. The number of hydrogen-bond donors (Lipinski definition) is 1. The maximum absolute atomic E-state index is 11.9. The molecule has 2 saturated heterocycles. The van der Waals surface area contributed by atoms with E-state index < -0.39 is 18.7 Å². The van der Waals surface area contributed by atoms with Crippen molar-refractivity contribution in [3.8, 4) is 0 Å². The van der Waals surface area contributed by atoms with Gasteiger partial charge in [0.1, 0.15) is 0 Å². The highest BCUT2D eigenvalue weighted by atomic mass is 19.4. The predicted octanol–water partition coefficient (Wildman–Crippen LogP) is 2.65. The van der Waals surface area contributed by atoms with Gasteiger partial charge in [0, 0.05) is 12.3 Å². The van der Waals surface area contributed by atoms with Crippen LogP contribution in [-0.2, 0) is 4.74 Å². The molecule has 1 N–H and O–H groups in total. The van der Waals surface area contributed by atoms with Gasteiger partial charge in [-0.05, 0) is 32.1 Å². The summed E-state index contributed by atoms with van der Waals surface area (Å²) < 4.78 is 41.4. The lowest BCUT2D eigenvalue weighted by Gasteiger charge is -2.24. The fourth-order valence-electron chi connectivity index (χ4n) is 2.81. The zero-order valence-electron chi connectivity index (χ0n) is 9.04. The van der Waals surface area contributed by atoms with E-state index in [0.717, 1.165) is 19.3 Å². The quantitative estimate of drug-likeness (QED) is 0.815. The SMILES string of the molecule is OC(CCCC(F)(F)F)C1CC2CCC1O2. The normalized spacial score (nSPS) is 35.6. The van der Waals surface area contributed by atoms with Crippen molar-refractivity contribution in [2.24, 2.45) is 5.92 Å². The van der Waals surface area contributed by atoms with Gasteiger partial charge in [0.25, 0.3) is 0 Å². The first-order valence-electron chi connectivity index (χ1n) is 5.86. The van der Waals surface area contributed by atoms with E-state index in [4.69, 9.17) is 4.74 Å². The van der Waals surface area contributed by atoms with Crippen LogP contribution < -0.4 is 0 Å². The molecule has 2 nitrogen and oxygen atoms in total. The Morgan fingerprint density at radius 1 is 1.31 bits per heavy atom. The van der Waals surface area contributed by atoms with E-state index in [-0.39, 0.29) is 31.0 Å². The van der Waals surface area contributed by atoms with E-state index in [1.807, 2.05) is 0 Å². The van der Waals surface area contributed by atoms with Gasteiger partial charge in [-0.15, -0.1) is 0 Å². The van der Waals surface area contributed by atoms with E-state index in [0.29, 0.717) is 0 Å². The molecular weight excluding hydrogens is 221 g/mol. The summed E-state index contributed by atoms with van der Waals surface area (Å²) in [5, 5.41) is 9.82. The second-order valence-electron chi connectivity index (χ2n) is 4.85. The topological polar surface area (TPSA) is 29.5 Å². The van der Waals surface area contributed by atoms with Crippen LogP contribution in [0.4, 0.5) is 13.2 Å². The molecule has 0 saturated carbocycles. The van der Waals surface area contributed by atoms with Crippen molar-refractivity contribution >= 4 is 0 Å². The van der Waals surface area contributed by atoms with Gasteiger partial charge in [0.05, 0.1) is 18.3 Å². The summed E-state index contributed by atoms with van der Waals surface area (Å²) >= 11 is 0. The van der Waals surface area contributed by atoms with Gasteiger partial charge in [-0.2, -0.15) is 13.2 Å². The monoisotopic (exact) mass is 238 g/mol. The van der Waals surface area contributed by atoms with E-state index in [1.165, 1.54) is 0 Å². The van der Waals surface area contributed by atoms with Gasteiger partial charge >= 0.3 is 6.18 Å². The Bertz CT molecular complexity index is 242. The highest BCUT2D eigenvalue weighted by molar-refractivity contribution is 4.92. The molecule has 5 heteroatoms. The number of ether oxygens (including phenoxy) is 1.